The van der Waals surface area contributed by atoms with Gasteiger partial charge in [0.15, 0.2) is 0 Å². The molecule has 0 aliphatic heterocycles. The molecule has 0 aliphatic rings. The van der Waals surface area contributed by atoms with Crippen LogP contribution in [0, 0.1) is 13.8 Å². The Hall–Kier alpha value is -1.000. The minimum atomic E-state index is 0.621. The van der Waals surface area contributed by atoms with Crippen molar-refractivity contribution in [3.8, 4) is 5.75 Å². The van der Waals surface area contributed by atoms with E-state index in [1.807, 2.05) is 24.3 Å². The SMILES string of the molecule is Cc1cc(C)c(NCCOc2cccc(Br)c2)c(Br)c1. The van der Waals surface area contributed by atoms with Crippen molar-refractivity contribution < 1.29 is 4.74 Å². The number of hydrogen-bond acceptors (Lipinski definition) is 2. The molecule has 0 saturated carbocycles. The van der Waals surface area contributed by atoms with Crippen molar-refractivity contribution in [3.63, 3.8) is 0 Å². The average Bonchev–Trinajstić information content (AvgIpc) is 2.36. The zero-order valence-electron chi connectivity index (χ0n) is 11.5. The molecule has 20 heavy (non-hydrogen) atoms. The van der Waals surface area contributed by atoms with Crippen LogP contribution in [0.2, 0.25) is 0 Å². The fourth-order valence-electron chi connectivity index (χ4n) is 2.04. The maximum Gasteiger partial charge on any atom is 0.120 e. The van der Waals surface area contributed by atoms with Crippen LogP contribution in [0.4, 0.5) is 5.69 Å². The van der Waals surface area contributed by atoms with E-state index in [0.717, 1.165) is 26.9 Å². The van der Waals surface area contributed by atoms with Crippen LogP contribution in [0.1, 0.15) is 11.1 Å². The van der Waals surface area contributed by atoms with Gasteiger partial charge in [0.25, 0.3) is 0 Å². The lowest BCUT2D eigenvalue weighted by Crippen LogP contribution is -2.12. The number of halogens is 2. The summed E-state index contributed by atoms with van der Waals surface area (Å²) in [5.74, 6) is 0.876. The first-order chi connectivity index (χ1) is 9.56. The summed E-state index contributed by atoms with van der Waals surface area (Å²) >= 11 is 7.03. The Balaban J connectivity index is 1.88. The molecule has 0 aromatic heterocycles. The molecule has 0 aliphatic carbocycles. The minimum absolute atomic E-state index is 0.621. The fraction of sp³-hybridized carbons (Fsp3) is 0.250. The van der Waals surface area contributed by atoms with Gasteiger partial charge in [-0.15, -0.1) is 0 Å². The molecule has 2 aromatic rings. The van der Waals surface area contributed by atoms with Crippen molar-refractivity contribution in [3.05, 3.63) is 56.5 Å². The van der Waals surface area contributed by atoms with Crippen LogP contribution >= 0.6 is 31.9 Å². The van der Waals surface area contributed by atoms with Crippen LogP contribution in [0.25, 0.3) is 0 Å². The molecule has 0 atom stereocenters. The molecule has 2 aromatic carbocycles. The number of hydrogen-bond donors (Lipinski definition) is 1. The molecular formula is C16H17Br2NO. The highest BCUT2D eigenvalue weighted by molar-refractivity contribution is 9.10. The summed E-state index contributed by atoms with van der Waals surface area (Å²) < 4.78 is 7.83. The average molecular weight is 399 g/mol. The van der Waals surface area contributed by atoms with E-state index < -0.39 is 0 Å². The van der Waals surface area contributed by atoms with Gasteiger partial charge in [0.05, 0.1) is 5.69 Å². The Morgan fingerprint density at radius 3 is 2.60 bits per heavy atom. The highest BCUT2D eigenvalue weighted by Gasteiger charge is 2.04. The van der Waals surface area contributed by atoms with E-state index in [1.165, 1.54) is 11.1 Å². The van der Waals surface area contributed by atoms with Gasteiger partial charge in [-0.1, -0.05) is 28.1 Å². The largest absolute Gasteiger partial charge is 0.492 e. The molecule has 106 valence electrons. The second kappa shape index (κ2) is 7.14. The molecule has 0 bridgehead atoms. The van der Waals surface area contributed by atoms with Crippen molar-refractivity contribution in [1.29, 1.82) is 0 Å². The number of benzene rings is 2. The molecule has 0 heterocycles. The molecule has 0 unspecified atom stereocenters. The molecule has 0 radical (unpaired) electrons. The Labute approximate surface area is 136 Å². The first kappa shape index (κ1) is 15.4. The number of aryl methyl sites for hydroxylation is 2. The predicted molar refractivity (Wildman–Crippen MR) is 91.7 cm³/mol. The van der Waals surface area contributed by atoms with E-state index in [2.05, 4.69) is 63.2 Å². The van der Waals surface area contributed by atoms with Crippen molar-refractivity contribution in [2.45, 2.75) is 13.8 Å². The van der Waals surface area contributed by atoms with Crippen LogP contribution in [0.3, 0.4) is 0 Å². The quantitative estimate of drug-likeness (QED) is 0.688. The van der Waals surface area contributed by atoms with E-state index in [9.17, 15) is 0 Å². The van der Waals surface area contributed by atoms with E-state index in [4.69, 9.17) is 4.74 Å². The van der Waals surface area contributed by atoms with Gasteiger partial charge in [-0.25, -0.2) is 0 Å². The highest BCUT2D eigenvalue weighted by atomic mass is 79.9. The van der Waals surface area contributed by atoms with Gasteiger partial charge in [-0.2, -0.15) is 0 Å². The zero-order valence-corrected chi connectivity index (χ0v) is 14.7. The first-order valence-corrected chi connectivity index (χ1v) is 8.04. The van der Waals surface area contributed by atoms with Crippen LogP contribution in [-0.4, -0.2) is 13.2 Å². The normalized spacial score (nSPS) is 10.4. The van der Waals surface area contributed by atoms with Crippen molar-refractivity contribution in [1.82, 2.24) is 0 Å². The molecule has 0 fully saturated rings. The third kappa shape index (κ3) is 4.25. The second-order valence-corrected chi connectivity index (χ2v) is 6.44. The predicted octanol–water partition coefficient (Wildman–Crippen LogP) is 5.32. The van der Waals surface area contributed by atoms with Gasteiger partial charge >= 0.3 is 0 Å². The maximum atomic E-state index is 5.70. The summed E-state index contributed by atoms with van der Waals surface area (Å²) in [5, 5.41) is 3.41. The smallest absolute Gasteiger partial charge is 0.120 e. The van der Waals surface area contributed by atoms with Crippen LogP contribution in [0.5, 0.6) is 5.75 Å². The first-order valence-electron chi connectivity index (χ1n) is 6.45. The molecule has 0 spiro atoms. The molecule has 2 rings (SSSR count). The molecule has 4 heteroatoms. The summed E-state index contributed by atoms with van der Waals surface area (Å²) in [6, 6.07) is 12.2. The maximum absolute atomic E-state index is 5.70. The van der Waals surface area contributed by atoms with Gasteiger partial charge in [-0.05, 0) is 65.2 Å². The lowest BCUT2D eigenvalue weighted by molar-refractivity contribution is 0.332. The summed E-state index contributed by atoms with van der Waals surface area (Å²) in [4.78, 5) is 0. The number of ether oxygens (including phenoxy) is 1. The fourth-order valence-corrected chi connectivity index (χ4v) is 3.23. The third-order valence-corrected chi connectivity index (χ3v) is 4.02. The van der Waals surface area contributed by atoms with E-state index in [1.54, 1.807) is 0 Å². The third-order valence-electron chi connectivity index (χ3n) is 2.90. The number of rotatable bonds is 5. The standard InChI is InChI=1S/C16H17Br2NO/c1-11-8-12(2)16(15(18)9-11)19-6-7-20-14-5-3-4-13(17)10-14/h3-5,8-10,19H,6-7H2,1-2H3. The van der Waals surface area contributed by atoms with Crippen LogP contribution in [-0.2, 0) is 0 Å². The van der Waals surface area contributed by atoms with Gasteiger partial charge in [0.2, 0.25) is 0 Å². The highest BCUT2D eigenvalue weighted by Crippen LogP contribution is 2.27. The zero-order chi connectivity index (χ0) is 14.5. The van der Waals surface area contributed by atoms with Gasteiger partial charge in [-0.3, -0.25) is 0 Å². The van der Waals surface area contributed by atoms with Crippen LogP contribution < -0.4 is 10.1 Å². The van der Waals surface area contributed by atoms with Gasteiger partial charge in [0.1, 0.15) is 12.4 Å². The lowest BCUT2D eigenvalue weighted by Gasteiger charge is -2.13. The Morgan fingerprint density at radius 1 is 1.10 bits per heavy atom. The Bertz CT molecular complexity index is 576. The van der Waals surface area contributed by atoms with Crippen molar-refractivity contribution >= 4 is 37.5 Å². The Morgan fingerprint density at radius 2 is 1.90 bits per heavy atom. The van der Waals surface area contributed by atoms with Gasteiger partial charge in [0, 0.05) is 15.5 Å². The molecule has 0 saturated heterocycles. The summed E-state index contributed by atoms with van der Waals surface area (Å²) in [5.41, 5.74) is 3.62. The second-order valence-electron chi connectivity index (χ2n) is 4.67. The number of nitrogens with one attached hydrogen (secondary N) is 1. The lowest BCUT2D eigenvalue weighted by atomic mass is 10.1. The van der Waals surface area contributed by atoms with Gasteiger partial charge < -0.3 is 10.1 Å². The molecule has 2 nitrogen and oxygen atoms in total. The van der Waals surface area contributed by atoms with E-state index in [-0.39, 0.29) is 0 Å². The topological polar surface area (TPSA) is 21.3 Å². The van der Waals surface area contributed by atoms with Crippen molar-refractivity contribution in [2.24, 2.45) is 0 Å². The molecule has 1 N–H and O–H groups in total. The summed E-state index contributed by atoms with van der Waals surface area (Å²) in [6.07, 6.45) is 0. The Kier molecular flexibility index (Phi) is 5.49. The molecular weight excluding hydrogens is 382 g/mol. The number of anilines is 1. The minimum Gasteiger partial charge on any atom is -0.492 e. The summed E-state index contributed by atoms with van der Waals surface area (Å²) in [6.45, 7) is 5.58. The van der Waals surface area contributed by atoms with E-state index in [0.29, 0.717) is 6.61 Å². The van der Waals surface area contributed by atoms with Crippen molar-refractivity contribution in [2.75, 3.05) is 18.5 Å². The van der Waals surface area contributed by atoms with E-state index >= 15 is 0 Å². The molecule has 0 amide bonds. The monoisotopic (exact) mass is 397 g/mol. The summed E-state index contributed by atoms with van der Waals surface area (Å²) in [7, 11) is 0. The van der Waals surface area contributed by atoms with Crippen LogP contribution in [0.15, 0.2) is 45.3 Å².